The maximum atomic E-state index is 9.43. The Balaban J connectivity index is 4.91. The van der Waals surface area contributed by atoms with Crippen molar-refractivity contribution in [1.82, 2.24) is 0 Å². The van der Waals surface area contributed by atoms with E-state index in [0.29, 0.717) is 19.3 Å². The summed E-state index contributed by atoms with van der Waals surface area (Å²) in [6, 6.07) is 9.12. The summed E-state index contributed by atoms with van der Waals surface area (Å²) in [6.45, 7) is 12.2. The van der Waals surface area contributed by atoms with Crippen molar-refractivity contribution in [2.24, 2.45) is 34.5 Å². The monoisotopic (exact) mass is 326 g/mol. The maximum Gasteiger partial charge on any atom is 0.0661 e. The Morgan fingerprint density at radius 2 is 1.04 bits per heavy atom. The van der Waals surface area contributed by atoms with Crippen LogP contribution in [0.25, 0.3) is 0 Å². The first-order valence-electron chi connectivity index (χ1n) is 8.55. The topological polar surface area (TPSA) is 95.2 Å². The highest BCUT2D eigenvalue weighted by atomic mass is 14.4. The molecule has 0 aromatic rings. The van der Waals surface area contributed by atoms with Gasteiger partial charge in [-0.3, -0.25) is 0 Å². The lowest BCUT2D eigenvalue weighted by molar-refractivity contribution is 0.248. The van der Waals surface area contributed by atoms with Crippen molar-refractivity contribution < 1.29 is 0 Å². The van der Waals surface area contributed by atoms with E-state index < -0.39 is 0 Å². The van der Waals surface area contributed by atoms with Crippen LogP contribution in [0.15, 0.2) is 0 Å². The van der Waals surface area contributed by atoms with Crippen LogP contribution in [0.3, 0.4) is 0 Å². The van der Waals surface area contributed by atoms with Gasteiger partial charge in [0.25, 0.3) is 0 Å². The van der Waals surface area contributed by atoms with E-state index in [1.54, 1.807) is 0 Å². The van der Waals surface area contributed by atoms with Gasteiger partial charge in [0.2, 0.25) is 0 Å². The van der Waals surface area contributed by atoms with Crippen molar-refractivity contribution in [3.8, 4) is 24.3 Å². The van der Waals surface area contributed by atoms with Gasteiger partial charge in [-0.15, -0.1) is 0 Å². The molecular formula is C20H30N4. The highest BCUT2D eigenvalue weighted by Gasteiger charge is 2.30. The Kier molecular flexibility index (Phi) is 8.51. The van der Waals surface area contributed by atoms with Crippen LogP contribution in [0.2, 0.25) is 0 Å². The average molecular weight is 326 g/mol. The van der Waals surface area contributed by atoms with E-state index in [1.165, 1.54) is 0 Å². The summed E-state index contributed by atoms with van der Waals surface area (Å²) in [5.74, 6) is -1.04. The summed E-state index contributed by atoms with van der Waals surface area (Å²) in [6.07, 6.45) is 2.14. The smallest absolute Gasteiger partial charge is 0.0661 e. The molecule has 4 heteroatoms. The standard InChI is InChI=1S/C20H30N4/c1-19(2,3)10-17(13-23)8-15(11-21)7-16(12-22)9-18(14-24)20(4,5)6/h15-18H,7-10H2,1-6H3. The van der Waals surface area contributed by atoms with E-state index in [4.69, 9.17) is 0 Å². The van der Waals surface area contributed by atoms with Crippen molar-refractivity contribution in [2.45, 2.75) is 67.2 Å². The van der Waals surface area contributed by atoms with Gasteiger partial charge < -0.3 is 0 Å². The summed E-state index contributed by atoms with van der Waals surface area (Å²) in [7, 11) is 0. The molecule has 0 radical (unpaired) electrons. The second kappa shape index (κ2) is 9.30. The normalized spacial score (nSPS) is 16.6. The van der Waals surface area contributed by atoms with Crippen molar-refractivity contribution in [3.63, 3.8) is 0 Å². The summed E-state index contributed by atoms with van der Waals surface area (Å²) in [5, 5.41) is 37.5. The Labute approximate surface area is 147 Å². The molecule has 0 fully saturated rings. The predicted molar refractivity (Wildman–Crippen MR) is 93.8 cm³/mol. The minimum absolute atomic E-state index is 0.0349. The minimum atomic E-state index is -0.326. The maximum absolute atomic E-state index is 9.43. The Morgan fingerprint density at radius 3 is 1.38 bits per heavy atom. The number of nitrogens with zero attached hydrogens (tertiary/aromatic N) is 4. The van der Waals surface area contributed by atoms with Crippen molar-refractivity contribution in [2.75, 3.05) is 0 Å². The van der Waals surface area contributed by atoms with Gasteiger partial charge in [0.15, 0.2) is 0 Å². The van der Waals surface area contributed by atoms with Crippen LogP contribution in [-0.2, 0) is 0 Å². The first-order chi connectivity index (χ1) is 11.0. The molecule has 0 aliphatic rings. The fraction of sp³-hybridized carbons (Fsp3) is 0.800. The van der Waals surface area contributed by atoms with Gasteiger partial charge >= 0.3 is 0 Å². The third kappa shape index (κ3) is 8.56. The number of rotatable bonds is 7. The zero-order valence-electron chi connectivity index (χ0n) is 15.9. The van der Waals surface area contributed by atoms with Gasteiger partial charge in [0.05, 0.1) is 30.2 Å². The molecule has 130 valence electrons. The zero-order valence-corrected chi connectivity index (χ0v) is 15.9. The number of nitriles is 4. The van der Waals surface area contributed by atoms with Crippen molar-refractivity contribution >= 4 is 0 Å². The molecular weight excluding hydrogens is 296 g/mol. The first-order valence-corrected chi connectivity index (χ1v) is 8.55. The fourth-order valence-electron chi connectivity index (χ4n) is 2.90. The van der Waals surface area contributed by atoms with Crippen LogP contribution in [0.1, 0.15) is 67.2 Å². The molecule has 0 aromatic carbocycles. The molecule has 0 aliphatic carbocycles. The molecule has 0 aromatic heterocycles. The minimum Gasteiger partial charge on any atom is -0.198 e. The Hall–Kier alpha value is -2.04. The van der Waals surface area contributed by atoms with E-state index in [2.05, 4.69) is 45.0 Å². The highest BCUT2D eigenvalue weighted by Crippen LogP contribution is 2.34. The van der Waals surface area contributed by atoms with Gasteiger partial charge in [-0.25, -0.2) is 0 Å². The van der Waals surface area contributed by atoms with Crippen LogP contribution in [-0.4, -0.2) is 0 Å². The molecule has 0 N–H and O–H groups in total. The van der Waals surface area contributed by atoms with Crippen LogP contribution in [0, 0.1) is 79.8 Å². The fourth-order valence-corrected chi connectivity index (χ4v) is 2.90. The second-order valence-corrected chi connectivity index (χ2v) is 9.00. The van der Waals surface area contributed by atoms with Gasteiger partial charge in [-0.2, -0.15) is 21.0 Å². The Morgan fingerprint density at radius 1 is 0.625 bits per heavy atom. The van der Waals surface area contributed by atoms with Crippen molar-refractivity contribution in [3.05, 3.63) is 0 Å². The number of hydrogen-bond acceptors (Lipinski definition) is 4. The Bertz CT molecular complexity index is 551. The SMILES string of the molecule is CC(C)(C)CC(C#N)CC(C#N)CC(C#N)CC(C#N)C(C)(C)C. The van der Waals surface area contributed by atoms with Gasteiger partial charge in [0.1, 0.15) is 0 Å². The molecule has 4 nitrogen and oxygen atoms in total. The van der Waals surface area contributed by atoms with Gasteiger partial charge in [-0.1, -0.05) is 41.5 Å². The molecule has 0 aliphatic heterocycles. The third-order valence-electron chi connectivity index (χ3n) is 4.27. The molecule has 24 heavy (non-hydrogen) atoms. The lowest BCUT2D eigenvalue weighted by Crippen LogP contribution is -2.23. The summed E-state index contributed by atoms with van der Waals surface area (Å²) >= 11 is 0. The lowest BCUT2D eigenvalue weighted by Gasteiger charge is -2.27. The van der Waals surface area contributed by atoms with E-state index in [1.807, 2.05) is 20.8 Å². The zero-order chi connectivity index (χ0) is 19.0. The molecule has 0 heterocycles. The number of hydrogen-bond donors (Lipinski definition) is 0. The van der Waals surface area contributed by atoms with E-state index in [-0.39, 0.29) is 34.5 Å². The summed E-state index contributed by atoms with van der Waals surface area (Å²) in [5.41, 5.74) is -0.152. The van der Waals surface area contributed by atoms with Crippen LogP contribution >= 0.6 is 0 Å². The average Bonchev–Trinajstić information content (AvgIpc) is 2.46. The van der Waals surface area contributed by atoms with E-state index >= 15 is 0 Å². The second-order valence-electron chi connectivity index (χ2n) is 9.00. The van der Waals surface area contributed by atoms with Gasteiger partial charge in [0, 0.05) is 17.8 Å². The third-order valence-corrected chi connectivity index (χ3v) is 4.27. The predicted octanol–water partition coefficient (Wildman–Crippen LogP) is 5.20. The molecule has 4 atom stereocenters. The molecule has 0 bridgehead atoms. The largest absolute Gasteiger partial charge is 0.198 e. The van der Waals surface area contributed by atoms with Crippen LogP contribution in [0.5, 0.6) is 0 Å². The molecule has 0 saturated heterocycles. The molecule has 0 spiro atoms. The van der Waals surface area contributed by atoms with E-state index in [0.717, 1.165) is 6.42 Å². The first kappa shape index (κ1) is 22.0. The molecule has 0 amide bonds. The lowest BCUT2D eigenvalue weighted by atomic mass is 9.74. The molecule has 0 saturated carbocycles. The quantitative estimate of drug-likeness (QED) is 0.642. The van der Waals surface area contributed by atoms with Crippen LogP contribution in [0.4, 0.5) is 0 Å². The van der Waals surface area contributed by atoms with E-state index in [9.17, 15) is 21.0 Å². The summed E-state index contributed by atoms with van der Waals surface area (Å²) in [4.78, 5) is 0. The van der Waals surface area contributed by atoms with Crippen molar-refractivity contribution in [1.29, 1.82) is 21.0 Å². The molecule has 4 unspecified atom stereocenters. The van der Waals surface area contributed by atoms with Crippen LogP contribution < -0.4 is 0 Å². The highest BCUT2D eigenvalue weighted by molar-refractivity contribution is 5.00. The summed E-state index contributed by atoms with van der Waals surface area (Å²) < 4.78 is 0. The van der Waals surface area contributed by atoms with Gasteiger partial charge in [-0.05, 0) is 36.5 Å². The molecule has 0 rings (SSSR count).